The standard InChI is InChI=1S/C9H6ClNO.C8H5BrFN/c10-7-2-1-3-8-9(7)6(5-12)4-11-8;9-6-1-2-7(10)5-3-4-11-8(5)6/h1-5,11H;1-4,11H. The van der Waals surface area contributed by atoms with Crippen LogP contribution in [0.3, 0.4) is 0 Å². The van der Waals surface area contributed by atoms with Crippen molar-refractivity contribution in [3.8, 4) is 0 Å². The highest BCUT2D eigenvalue weighted by Crippen LogP contribution is 2.25. The van der Waals surface area contributed by atoms with Gasteiger partial charge in [0.25, 0.3) is 0 Å². The molecule has 23 heavy (non-hydrogen) atoms. The Morgan fingerprint density at radius 3 is 2.70 bits per heavy atom. The van der Waals surface area contributed by atoms with Gasteiger partial charge in [-0.2, -0.15) is 0 Å². The third-order valence-electron chi connectivity index (χ3n) is 3.43. The Balaban J connectivity index is 0.000000136. The summed E-state index contributed by atoms with van der Waals surface area (Å²) in [5, 5.41) is 2.03. The predicted octanol–water partition coefficient (Wildman–Crippen LogP) is 5.70. The van der Waals surface area contributed by atoms with E-state index in [0.717, 1.165) is 27.2 Å². The van der Waals surface area contributed by atoms with Crippen molar-refractivity contribution in [3.63, 3.8) is 0 Å². The molecule has 0 bridgehead atoms. The topological polar surface area (TPSA) is 48.6 Å². The smallest absolute Gasteiger partial charge is 0.152 e. The lowest BCUT2D eigenvalue weighted by Gasteiger charge is -1.94. The highest BCUT2D eigenvalue weighted by atomic mass is 79.9. The molecular weight excluding hydrogens is 383 g/mol. The van der Waals surface area contributed by atoms with Gasteiger partial charge < -0.3 is 9.97 Å². The lowest BCUT2D eigenvalue weighted by molar-refractivity contribution is 0.112. The third-order valence-corrected chi connectivity index (χ3v) is 4.41. The summed E-state index contributed by atoms with van der Waals surface area (Å²) in [5.74, 6) is -0.190. The van der Waals surface area contributed by atoms with Crippen LogP contribution in [0.25, 0.3) is 21.8 Å². The van der Waals surface area contributed by atoms with Gasteiger partial charge in [-0.15, -0.1) is 0 Å². The summed E-state index contributed by atoms with van der Waals surface area (Å²) in [6.45, 7) is 0. The summed E-state index contributed by atoms with van der Waals surface area (Å²) in [4.78, 5) is 16.5. The molecule has 0 unspecified atom stereocenters. The number of H-pyrrole nitrogens is 2. The summed E-state index contributed by atoms with van der Waals surface area (Å²) < 4.78 is 13.8. The molecule has 2 aromatic carbocycles. The summed E-state index contributed by atoms with van der Waals surface area (Å²) >= 11 is 9.22. The van der Waals surface area contributed by atoms with Gasteiger partial charge >= 0.3 is 0 Å². The molecule has 0 fully saturated rings. The molecule has 4 aromatic rings. The molecule has 2 heterocycles. The van der Waals surface area contributed by atoms with E-state index in [9.17, 15) is 9.18 Å². The van der Waals surface area contributed by atoms with Crippen LogP contribution < -0.4 is 0 Å². The molecule has 0 aliphatic rings. The summed E-state index contributed by atoms with van der Waals surface area (Å²) in [6.07, 6.45) is 4.17. The normalized spacial score (nSPS) is 10.6. The van der Waals surface area contributed by atoms with Gasteiger partial charge in [0.05, 0.1) is 10.5 Å². The van der Waals surface area contributed by atoms with Crippen molar-refractivity contribution in [3.05, 3.63) is 69.7 Å². The molecule has 0 saturated carbocycles. The fourth-order valence-corrected chi connectivity index (χ4v) is 3.09. The molecule has 0 spiro atoms. The Labute approximate surface area is 144 Å². The second kappa shape index (κ2) is 6.56. The Morgan fingerprint density at radius 1 is 1.13 bits per heavy atom. The van der Waals surface area contributed by atoms with Crippen molar-refractivity contribution >= 4 is 55.6 Å². The Hall–Kier alpha value is -2.11. The molecule has 4 rings (SSSR count). The first-order valence-electron chi connectivity index (χ1n) is 6.73. The third kappa shape index (κ3) is 3.02. The lowest BCUT2D eigenvalue weighted by atomic mass is 10.2. The van der Waals surface area contributed by atoms with Gasteiger partial charge in [-0.1, -0.05) is 17.7 Å². The highest BCUT2D eigenvalue weighted by Gasteiger charge is 2.05. The molecule has 3 nitrogen and oxygen atoms in total. The Kier molecular flexibility index (Phi) is 4.50. The van der Waals surface area contributed by atoms with Crippen molar-refractivity contribution in [1.82, 2.24) is 9.97 Å². The number of rotatable bonds is 1. The quantitative estimate of drug-likeness (QED) is 0.400. The SMILES string of the molecule is Fc1ccc(Br)c2[nH]ccc12.O=Cc1c[nH]c2cccc(Cl)c12. The van der Waals surface area contributed by atoms with Crippen molar-refractivity contribution in [2.24, 2.45) is 0 Å². The van der Waals surface area contributed by atoms with Gasteiger partial charge in [-0.05, 0) is 46.3 Å². The zero-order valence-electron chi connectivity index (χ0n) is 11.7. The van der Waals surface area contributed by atoms with Crippen LogP contribution >= 0.6 is 27.5 Å². The fraction of sp³-hybridized carbons (Fsp3) is 0. The maximum Gasteiger partial charge on any atom is 0.152 e. The van der Waals surface area contributed by atoms with Crippen LogP contribution in [0.15, 0.2) is 53.3 Å². The minimum atomic E-state index is -0.190. The van der Waals surface area contributed by atoms with Crippen molar-refractivity contribution in [1.29, 1.82) is 0 Å². The van der Waals surface area contributed by atoms with E-state index in [1.165, 1.54) is 6.07 Å². The number of carbonyl (C=O) groups excluding carboxylic acids is 1. The Bertz CT molecular complexity index is 957. The molecule has 0 saturated heterocycles. The molecular formula is C17H11BrClFN2O. The maximum absolute atomic E-state index is 13.0. The molecule has 6 heteroatoms. The van der Waals surface area contributed by atoms with E-state index in [2.05, 4.69) is 25.9 Å². The molecule has 0 aliphatic heterocycles. The minimum Gasteiger partial charge on any atom is -0.360 e. The number of carbonyl (C=O) groups is 1. The minimum absolute atomic E-state index is 0.190. The first-order chi connectivity index (χ1) is 11.1. The number of fused-ring (bicyclic) bond motifs is 2. The van der Waals surface area contributed by atoms with Crippen molar-refractivity contribution in [2.45, 2.75) is 0 Å². The first kappa shape index (κ1) is 15.8. The second-order valence-corrected chi connectivity index (χ2v) is 6.08. The molecule has 0 radical (unpaired) electrons. The van der Waals surface area contributed by atoms with E-state index in [1.807, 2.05) is 12.1 Å². The highest BCUT2D eigenvalue weighted by molar-refractivity contribution is 9.10. The van der Waals surface area contributed by atoms with E-state index in [-0.39, 0.29) is 5.82 Å². The summed E-state index contributed by atoms with van der Waals surface area (Å²) in [6, 6.07) is 10.3. The van der Waals surface area contributed by atoms with Gasteiger partial charge in [0.2, 0.25) is 0 Å². The van der Waals surface area contributed by atoms with Crippen molar-refractivity contribution < 1.29 is 9.18 Å². The molecule has 0 atom stereocenters. The van der Waals surface area contributed by atoms with E-state index in [1.54, 1.807) is 30.6 Å². The van der Waals surface area contributed by atoms with Gasteiger partial charge in [-0.25, -0.2) is 4.39 Å². The molecule has 2 N–H and O–H groups in total. The lowest BCUT2D eigenvalue weighted by Crippen LogP contribution is -1.76. The monoisotopic (exact) mass is 392 g/mol. The van der Waals surface area contributed by atoms with Crippen molar-refractivity contribution in [2.75, 3.05) is 0 Å². The molecule has 0 aliphatic carbocycles. The number of benzene rings is 2. The van der Waals surface area contributed by atoms with Crippen LogP contribution in [0.5, 0.6) is 0 Å². The number of aldehydes is 1. The number of aromatic amines is 2. The van der Waals surface area contributed by atoms with Crippen LogP contribution in [-0.2, 0) is 0 Å². The Morgan fingerprint density at radius 2 is 1.96 bits per heavy atom. The largest absolute Gasteiger partial charge is 0.360 e. The predicted molar refractivity (Wildman–Crippen MR) is 94.7 cm³/mol. The maximum atomic E-state index is 13.0. The zero-order valence-corrected chi connectivity index (χ0v) is 14.1. The number of hydrogen-bond acceptors (Lipinski definition) is 1. The van der Waals surface area contributed by atoms with E-state index >= 15 is 0 Å². The van der Waals surface area contributed by atoms with E-state index in [0.29, 0.717) is 16.0 Å². The van der Waals surface area contributed by atoms with E-state index in [4.69, 9.17) is 11.6 Å². The average Bonchev–Trinajstić information content (AvgIpc) is 3.19. The van der Waals surface area contributed by atoms with Gasteiger partial charge in [-0.3, -0.25) is 4.79 Å². The van der Waals surface area contributed by atoms with Crippen LogP contribution in [0.1, 0.15) is 10.4 Å². The summed E-state index contributed by atoms with van der Waals surface area (Å²) in [7, 11) is 0. The fourth-order valence-electron chi connectivity index (χ4n) is 2.34. The van der Waals surface area contributed by atoms with E-state index < -0.39 is 0 Å². The van der Waals surface area contributed by atoms with Crippen LogP contribution in [-0.4, -0.2) is 16.3 Å². The van der Waals surface area contributed by atoms with Crippen LogP contribution in [0, 0.1) is 5.82 Å². The van der Waals surface area contributed by atoms with Gasteiger partial charge in [0.15, 0.2) is 6.29 Å². The van der Waals surface area contributed by atoms with Crippen LogP contribution in [0.2, 0.25) is 5.02 Å². The first-order valence-corrected chi connectivity index (χ1v) is 7.91. The number of hydrogen-bond donors (Lipinski definition) is 2. The van der Waals surface area contributed by atoms with Gasteiger partial charge in [0, 0.05) is 38.7 Å². The van der Waals surface area contributed by atoms with Crippen LogP contribution in [0.4, 0.5) is 4.39 Å². The van der Waals surface area contributed by atoms with Gasteiger partial charge in [0.1, 0.15) is 5.82 Å². The average molecular weight is 394 g/mol. The second-order valence-electron chi connectivity index (χ2n) is 4.82. The molecule has 2 aromatic heterocycles. The number of nitrogens with one attached hydrogen (secondary N) is 2. The zero-order chi connectivity index (χ0) is 16.4. The number of aromatic nitrogens is 2. The molecule has 116 valence electrons. The summed E-state index contributed by atoms with van der Waals surface area (Å²) in [5.41, 5.74) is 2.31. The number of halogens is 3. The molecule has 0 amide bonds.